The number of nitrogens with zero attached hydrogens (tertiary/aromatic N) is 2. The van der Waals surface area contributed by atoms with E-state index in [2.05, 4.69) is 15.3 Å². The molecule has 0 spiro atoms. The lowest BCUT2D eigenvalue weighted by Crippen LogP contribution is -2.02. The van der Waals surface area contributed by atoms with Crippen molar-refractivity contribution in [2.24, 2.45) is 0 Å². The Kier molecular flexibility index (Phi) is 4.69. The number of aryl methyl sites for hydroxylation is 2. The molecule has 4 rings (SSSR count). The molecule has 2 aromatic heterocycles. The van der Waals surface area contributed by atoms with Gasteiger partial charge >= 0.3 is 5.97 Å². The molecule has 1 aliphatic rings. The number of ether oxygens (including phenoxy) is 1. The van der Waals surface area contributed by atoms with Gasteiger partial charge in [-0.1, -0.05) is 6.07 Å². The highest BCUT2D eigenvalue weighted by Crippen LogP contribution is 2.39. The topological polar surface area (TPSA) is 64.1 Å². The second-order valence-electron chi connectivity index (χ2n) is 5.46. The Morgan fingerprint density at radius 2 is 2.17 bits per heavy atom. The number of rotatable bonds is 3. The molecule has 5 nitrogen and oxygen atoms in total. The number of hydrogen-bond acceptors (Lipinski definition) is 6. The number of halogens is 1. The Morgan fingerprint density at radius 3 is 3.00 bits per heavy atom. The minimum Gasteiger partial charge on any atom is -0.465 e. The fourth-order valence-corrected chi connectivity index (χ4v) is 4.23. The zero-order valence-corrected chi connectivity index (χ0v) is 14.7. The molecule has 0 saturated carbocycles. The lowest BCUT2D eigenvalue weighted by Gasteiger charge is -2.09. The predicted molar refractivity (Wildman–Crippen MR) is 97.8 cm³/mol. The van der Waals surface area contributed by atoms with Crippen LogP contribution in [0.25, 0.3) is 10.2 Å². The van der Waals surface area contributed by atoms with Gasteiger partial charge in [0, 0.05) is 10.6 Å². The Labute approximate surface area is 149 Å². The van der Waals surface area contributed by atoms with Gasteiger partial charge in [0.2, 0.25) is 0 Å². The summed E-state index contributed by atoms with van der Waals surface area (Å²) in [7, 11) is 1.38. The number of aromatic nitrogens is 2. The van der Waals surface area contributed by atoms with Crippen LogP contribution in [0.2, 0.25) is 0 Å². The number of benzene rings is 1. The maximum Gasteiger partial charge on any atom is 0.337 e. The van der Waals surface area contributed by atoms with Crippen molar-refractivity contribution in [2.75, 3.05) is 12.4 Å². The van der Waals surface area contributed by atoms with Gasteiger partial charge in [-0.05, 0) is 43.0 Å². The summed E-state index contributed by atoms with van der Waals surface area (Å²) in [4.78, 5) is 22.9. The summed E-state index contributed by atoms with van der Waals surface area (Å²) in [5.41, 5.74) is 2.70. The summed E-state index contributed by atoms with van der Waals surface area (Å²) in [6, 6.07) is 7.24. The van der Waals surface area contributed by atoms with Gasteiger partial charge in [-0.25, -0.2) is 14.8 Å². The minimum absolute atomic E-state index is 0. The van der Waals surface area contributed by atoms with Crippen LogP contribution in [0.15, 0.2) is 30.6 Å². The van der Waals surface area contributed by atoms with Crippen LogP contribution < -0.4 is 5.32 Å². The van der Waals surface area contributed by atoms with Crippen LogP contribution in [0.1, 0.15) is 27.2 Å². The van der Waals surface area contributed by atoms with Crippen LogP contribution in [0.4, 0.5) is 11.5 Å². The number of esters is 1. The molecule has 1 aromatic carbocycles. The molecule has 0 amide bonds. The molecule has 24 heavy (non-hydrogen) atoms. The maximum atomic E-state index is 11.7. The minimum atomic E-state index is -0.349. The van der Waals surface area contributed by atoms with E-state index in [9.17, 15) is 4.79 Å². The largest absolute Gasteiger partial charge is 0.465 e. The van der Waals surface area contributed by atoms with Gasteiger partial charge in [0.1, 0.15) is 17.0 Å². The van der Waals surface area contributed by atoms with E-state index in [0.29, 0.717) is 5.56 Å². The smallest absolute Gasteiger partial charge is 0.337 e. The van der Waals surface area contributed by atoms with E-state index < -0.39 is 0 Å². The number of anilines is 2. The van der Waals surface area contributed by atoms with Gasteiger partial charge in [-0.2, -0.15) is 0 Å². The molecular formula is C17H16ClN3O2S. The number of thiophene rings is 1. The molecule has 3 aromatic rings. The van der Waals surface area contributed by atoms with Crippen molar-refractivity contribution in [2.45, 2.75) is 19.3 Å². The summed E-state index contributed by atoms with van der Waals surface area (Å²) in [6.07, 6.45) is 5.00. The van der Waals surface area contributed by atoms with E-state index in [1.165, 1.54) is 24.0 Å². The monoisotopic (exact) mass is 361 g/mol. The van der Waals surface area contributed by atoms with Gasteiger partial charge < -0.3 is 10.1 Å². The van der Waals surface area contributed by atoms with E-state index in [-0.39, 0.29) is 18.4 Å². The molecule has 0 saturated heterocycles. The Morgan fingerprint density at radius 1 is 1.29 bits per heavy atom. The first-order valence-electron chi connectivity index (χ1n) is 7.47. The van der Waals surface area contributed by atoms with E-state index in [4.69, 9.17) is 4.74 Å². The molecule has 7 heteroatoms. The second kappa shape index (κ2) is 6.75. The average molecular weight is 362 g/mol. The molecule has 1 N–H and O–H groups in total. The number of hydrogen-bond donors (Lipinski definition) is 1. The van der Waals surface area contributed by atoms with Gasteiger partial charge in [0.15, 0.2) is 0 Å². The number of carbonyl (C=O) groups is 1. The van der Waals surface area contributed by atoms with E-state index in [1.54, 1.807) is 29.8 Å². The highest BCUT2D eigenvalue weighted by molar-refractivity contribution is 7.19. The Bertz CT molecular complexity index is 910. The summed E-state index contributed by atoms with van der Waals surface area (Å²) in [6.45, 7) is 0. The van der Waals surface area contributed by atoms with Crippen molar-refractivity contribution >= 4 is 51.4 Å². The average Bonchev–Trinajstić information content (AvgIpc) is 3.15. The fraction of sp³-hybridized carbons (Fsp3) is 0.235. The van der Waals surface area contributed by atoms with Crippen LogP contribution in [-0.4, -0.2) is 23.0 Å². The molecule has 124 valence electrons. The molecule has 0 radical (unpaired) electrons. The molecule has 2 heterocycles. The van der Waals surface area contributed by atoms with Gasteiger partial charge in [0.25, 0.3) is 0 Å². The summed E-state index contributed by atoms with van der Waals surface area (Å²) >= 11 is 1.76. The highest BCUT2D eigenvalue weighted by atomic mass is 35.5. The van der Waals surface area contributed by atoms with Crippen molar-refractivity contribution in [3.63, 3.8) is 0 Å². The SMILES string of the molecule is COC(=O)c1cccc(Nc2ncnc3sc4c(c23)CCC4)c1.Cl. The normalized spacial score (nSPS) is 12.5. The molecule has 1 aliphatic carbocycles. The zero-order valence-electron chi connectivity index (χ0n) is 13.0. The van der Waals surface area contributed by atoms with Crippen molar-refractivity contribution in [3.8, 4) is 0 Å². The first kappa shape index (κ1) is 16.7. The van der Waals surface area contributed by atoms with E-state index in [1.807, 2.05) is 12.1 Å². The predicted octanol–water partition coefficient (Wildman–Crippen LogP) is 4.13. The summed E-state index contributed by atoms with van der Waals surface area (Å²) < 4.78 is 4.77. The maximum absolute atomic E-state index is 11.7. The third-order valence-corrected chi connectivity index (χ3v) is 5.25. The van der Waals surface area contributed by atoms with Gasteiger partial charge in [-0.15, -0.1) is 23.7 Å². The molecule has 0 bridgehead atoms. The molecule has 0 aliphatic heterocycles. The second-order valence-corrected chi connectivity index (χ2v) is 6.54. The zero-order chi connectivity index (χ0) is 15.8. The molecule has 0 atom stereocenters. The quantitative estimate of drug-likeness (QED) is 0.710. The number of methoxy groups -OCH3 is 1. The third-order valence-electron chi connectivity index (χ3n) is 4.05. The first-order chi connectivity index (χ1) is 11.3. The first-order valence-corrected chi connectivity index (χ1v) is 8.28. The van der Waals surface area contributed by atoms with Crippen LogP contribution in [0.5, 0.6) is 0 Å². The van der Waals surface area contributed by atoms with Crippen molar-refractivity contribution in [1.82, 2.24) is 9.97 Å². The lowest BCUT2D eigenvalue weighted by molar-refractivity contribution is 0.0601. The standard InChI is InChI=1S/C17H15N3O2S.ClH/c1-22-17(21)10-4-2-5-11(8-10)20-15-14-12-6-3-7-13(12)23-16(14)19-9-18-15;/h2,4-5,8-9H,3,6-7H2,1H3,(H,18,19,20);1H. The van der Waals surface area contributed by atoms with Gasteiger partial charge in [-0.3, -0.25) is 0 Å². The summed E-state index contributed by atoms with van der Waals surface area (Å²) in [5, 5.41) is 4.45. The Balaban J connectivity index is 0.00000169. The molecule has 0 fully saturated rings. The number of carbonyl (C=O) groups excluding carboxylic acids is 1. The third kappa shape index (κ3) is 2.83. The van der Waals surface area contributed by atoms with Crippen molar-refractivity contribution < 1.29 is 9.53 Å². The van der Waals surface area contributed by atoms with Crippen LogP contribution in [0, 0.1) is 0 Å². The van der Waals surface area contributed by atoms with Crippen LogP contribution >= 0.6 is 23.7 Å². The van der Waals surface area contributed by atoms with Crippen LogP contribution in [0.3, 0.4) is 0 Å². The van der Waals surface area contributed by atoms with Gasteiger partial charge in [0.05, 0.1) is 18.1 Å². The van der Waals surface area contributed by atoms with Crippen molar-refractivity contribution in [3.05, 3.63) is 46.6 Å². The van der Waals surface area contributed by atoms with Crippen LogP contribution in [-0.2, 0) is 17.6 Å². The number of nitrogens with one attached hydrogen (secondary N) is 1. The number of fused-ring (bicyclic) bond motifs is 3. The Hall–Kier alpha value is -2.18. The van der Waals surface area contributed by atoms with E-state index >= 15 is 0 Å². The fourth-order valence-electron chi connectivity index (χ4n) is 3.00. The summed E-state index contributed by atoms with van der Waals surface area (Å²) in [5.74, 6) is 0.453. The molecular weight excluding hydrogens is 346 g/mol. The molecule has 0 unspecified atom stereocenters. The van der Waals surface area contributed by atoms with E-state index in [0.717, 1.165) is 34.6 Å². The highest BCUT2D eigenvalue weighted by Gasteiger charge is 2.21. The van der Waals surface area contributed by atoms with Crippen molar-refractivity contribution in [1.29, 1.82) is 0 Å². The lowest BCUT2D eigenvalue weighted by atomic mass is 10.1.